The predicted molar refractivity (Wildman–Crippen MR) is 49.7 cm³/mol. The normalized spacial score (nSPS) is 32.7. The summed E-state index contributed by atoms with van der Waals surface area (Å²) in [6, 6.07) is -0.00102. The van der Waals surface area contributed by atoms with Gasteiger partial charge in [-0.1, -0.05) is 0 Å². The van der Waals surface area contributed by atoms with E-state index in [4.69, 9.17) is 4.74 Å². The van der Waals surface area contributed by atoms with Crippen LogP contribution in [0.25, 0.3) is 0 Å². The third-order valence-electron chi connectivity index (χ3n) is 3.09. The van der Waals surface area contributed by atoms with Crippen LogP contribution in [-0.4, -0.2) is 42.5 Å². The van der Waals surface area contributed by atoms with Gasteiger partial charge in [-0.2, -0.15) is 0 Å². The summed E-state index contributed by atoms with van der Waals surface area (Å²) < 4.78 is 30.7. The molecule has 15 heavy (non-hydrogen) atoms. The molecule has 2 fully saturated rings. The van der Waals surface area contributed by atoms with E-state index in [-0.39, 0.29) is 12.5 Å². The lowest BCUT2D eigenvalue weighted by Crippen LogP contribution is -2.42. The number of ether oxygens (including phenoxy) is 1. The molecule has 1 saturated carbocycles. The van der Waals surface area contributed by atoms with E-state index in [1.165, 1.54) is 0 Å². The quantitative estimate of drug-likeness (QED) is 0.715. The number of alkyl halides is 2. The fourth-order valence-corrected chi connectivity index (χ4v) is 2.04. The molecular formula is C10H15F2NO2. The lowest BCUT2D eigenvalue weighted by molar-refractivity contribution is -0.137. The minimum absolute atomic E-state index is 0.00102. The van der Waals surface area contributed by atoms with Gasteiger partial charge in [0.15, 0.2) is 0 Å². The van der Waals surface area contributed by atoms with Crippen molar-refractivity contribution in [3.63, 3.8) is 0 Å². The number of carbonyl (C=O) groups excluding carboxylic acids is 1. The molecule has 2 unspecified atom stereocenters. The van der Waals surface area contributed by atoms with Crippen LogP contribution in [0.3, 0.4) is 0 Å². The van der Waals surface area contributed by atoms with Gasteiger partial charge in [0, 0.05) is 19.6 Å². The number of halogens is 2. The zero-order valence-corrected chi connectivity index (χ0v) is 8.71. The number of rotatable bonds is 3. The number of likely N-dealkylation sites (N-methyl/N-ethyl adjacent to an activating group) is 1. The summed E-state index contributed by atoms with van der Waals surface area (Å²) in [7, 11) is 0. The number of amides is 1. The predicted octanol–water partition coefficient (Wildman–Crippen LogP) is 1.28. The Kier molecular flexibility index (Phi) is 2.66. The Morgan fingerprint density at radius 1 is 1.60 bits per heavy atom. The van der Waals surface area contributed by atoms with Gasteiger partial charge in [-0.15, -0.1) is 0 Å². The molecule has 1 aliphatic carbocycles. The minimum atomic E-state index is -2.76. The molecule has 1 aliphatic heterocycles. The second-order valence-electron chi connectivity index (χ2n) is 4.16. The largest absolute Gasteiger partial charge is 0.379 e. The molecule has 0 bridgehead atoms. The number of nitrogens with zero attached hydrogens (tertiary/aromatic N) is 1. The maximum Gasteiger partial charge on any atom is 0.260 e. The first-order chi connectivity index (χ1) is 7.06. The van der Waals surface area contributed by atoms with Crippen LogP contribution in [0.4, 0.5) is 8.78 Å². The Morgan fingerprint density at radius 3 is 2.67 bits per heavy atom. The summed E-state index contributed by atoms with van der Waals surface area (Å²) in [5.74, 6) is -4.24. The number of hydrogen-bond acceptors (Lipinski definition) is 2. The first-order valence-corrected chi connectivity index (χ1v) is 5.32. The number of carbonyl (C=O) groups is 1. The van der Waals surface area contributed by atoms with Crippen molar-refractivity contribution in [2.45, 2.75) is 31.7 Å². The van der Waals surface area contributed by atoms with Crippen LogP contribution in [0.5, 0.6) is 0 Å². The van der Waals surface area contributed by atoms with Crippen LogP contribution < -0.4 is 0 Å². The fourth-order valence-electron chi connectivity index (χ4n) is 2.04. The summed E-state index contributed by atoms with van der Waals surface area (Å²) in [5, 5.41) is 0. The van der Waals surface area contributed by atoms with Crippen molar-refractivity contribution in [2.24, 2.45) is 5.92 Å². The highest BCUT2D eigenvalue weighted by molar-refractivity contribution is 5.83. The third kappa shape index (κ3) is 1.97. The van der Waals surface area contributed by atoms with Crippen LogP contribution >= 0.6 is 0 Å². The highest BCUT2D eigenvalue weighted by atomic mass is 19.3. The average molecular weight is 219 g/mol. The van der Waals surface area contributed by atoms with Crippen molar-refractivity contribution < 1.29 is 18.3 Å². The van der Waals surface area contributed by atoms with Crippen molar-refractivity contribution in [3.05, 3.63) is 0 Å². The van der Waals surface area contributed by atoms with Crippen LogP contribution in [-0.2, 0) is 9.53 Å². The topological polar surface area (TPSA) is 29.5 Å². The van der Waals surface area contributed by atoms with Crippen molar-refractivity contribution in [2.75, 3.05) is 19.8 Å². The molecule has 0 radical (unpaired) electrons. The molecular weight excluding hydrogens is 204 g/mol. The van der Waals surface area contributed by atoms with Crippen LogP contribution in [0.1, 0.15) is 19.8 Å². The first kappa shape index (κ1) is 10.8. The maximum atomic E-state index is 12.8. The molecule has 0 spiro atoms. The molecule has 86 valence electrons. The lowest BCUT2D eigenvalue weighted by Gasteiger charge is -2.26. The first-order valence-electron chi connectivity index (χ1n) is 5.32. The molecule has 0 aromatic carbocycles. The minimum Gasteiger partial charge on any atom is -0.379 e. The van der Waals surface area contributed by atoms with Gasteiger partial charge in [0.05, 0.1) is 12.6 Å². The summed E-state index contributed by atoms with van der Waals surface area (Å²) in [6.45, 7) is 3.41. The average Bonchev–Trinajstić information content (AvgIpc) is 2.66. The summed E-state index contributed by atoms with van der Waals surface area (Å²) in [4.78, 5) is 13.3. The molecule has 2 aliphatic rings. The Morgan fingerprint density at radius 2 is 2.27 bits per heavy atom. The second kappa shape index (κ2) is 3.70. The van der Waals surface area contributed by atoms with Crippen molar-refractivity contribution in [1.29, 1.82) is 0 Å². The fraction of sp³-hybridized carbons (Fsp3) is 0.900. The SMILES string of the molecule is CCN(C(=O)C1CC1(F)F)C1CCOC1. The van der Waals surface area contributed by atoms with E-state index in [1.54, 1.807) is 4.90 Å². The Labute approximate surface area is 87.4 Å². The molecule has 3 nitrogen and oxygen atoms in total. The third-order valence-corrected chi connectivity index (χ3v) is 3.09. The van der Waals surface area contributed by atoms with E-state index in [0.717, 1.165) is 6.42 Å². The molecule has 1 saturated heterocycles. The van der Waals surface area contributed by atoms with Gasteiger partial charge in [-0.25, -0.2) is 8.78 Å². The zero-order valence-electron chi connectivity index (χ0n) is 8.71. The van der Waals surface area contributed by atoms with Gasteiger partial charge in [0.2, 0.25) is 5.91 Å². The van der Waals surface area contributed by atoms with Gasteiger partial charge in [0.1, 0.15) is 5.92 Å². The monoisotopic (exact) mass is 219 g/mol. The Balaban J connectivity index is 1.97. The summed E-state index contributed by atoms with van der Waals surface area (Å²) in [5.41, 5.74) is 0. The molecule has 0 N–H and O–H groups in total. The van der Waals surface area contributed by atoms with E-state index in [9.17, 15) is 13.6 Å². The number of hydrogen-bond donors (Lipinski definition) is 0. The van der Waals surface area contributed by atoms with Gasteiger partial charge in [-0.05, 0) is 13.3 Å². The molecule has 5 heteroatoms. The van der Waals surface area contributed by atoms with Gasteiger partial charge < -0.3 is 9.64 Å². The molecule has 1 heterocycles. The lowest BCUT2D eigenvalue weighted by atomic mass is 10.2. The van der Waals surface area contributed by atoms with Gasteiger partial charge in [0.25, 0.3) is 5.92 Å². The summed E-state index contributed by atoms with van der Waals surface area (Å²) in [6.07, 6.45) is 0.480. The van der Waals surface area contributed by atoms with E-state index in [0.29, 0.717) is 19.8 Å². The summed E-state index contributed by atoms with van der Waals surface area (Å²) >= 11 is 0. The standard InChI is InChI=1S/C10H15F2NO2/c1-2-13(7-3-4-15-6-7)9(14)8-5-10(8,11)12/h7-8H,2-6H2,1H3. The zero-order chi connectivity index (χ0) is 11.1. The van der Waals surface area contributed by atoms with Crippen molar-refractivity contribution >= 4 is 5.91 Å². The molecule has 0 aromatic rings. The van der Waals surface area contributed by atoms with Crippen LogP contribution in [0.2, 0.25) is 0 Å². The van der Waals surface area contributed by atoms with E-state index < -0.39 is 17.7 Å². The molecule has 2 rings (SSSR count). The molecule has 0 aromatic heterocycles. The molecule has 2 atom stereocenters. The van der Waals surface area contributed by atoms with E-state index in [2.05, 4.69) is 0 Å². The highest BCUT2D eigenvalue weighted by Crippen LogP contribution is 2.49. The van der Waals surface area contributed by atoms with Crippen LogP contribution in [0.15, 0.2) is 0 Å². The Bertz CT molecular complexity index is 264. The molecule has 1 amide bonds. The smallest absolute Gasteiger partial charge is 0.260 e. The van der Waals surface area contributed by atoms with E-state index in [1.807, 2.05) is 6.92 Å². The van der Waals surface area contributed by atoms with E-state index >= 15 is 0 Å². The van der Waals surface area contributed by atoms with Gasteiger partial charge in [-0.3, -0.25) is 4.79 Å². The van der Waals surface area contributed by atoms with Crippen molar-refractivity contribution in [3.8, 4) is 0 Å². The van der Waals surface area contributed by atoms with Gasteiger partial charge >= 0.3 is 0 Å². The second-order valence-corrected chi connectivity index (χ2v) is 4.16. The maximum absolute atomic E-state index is 12.8. The highest BCUT2D eigenvalue weighted by Gasteiger charge is 2.62. The Hall–Kier alpha value is -0.710. The van der Waals surface area contributed by atoms with Crippen molar-refractivity contribution in [1.82, 2.24) is 4.90 Å². The van der Waals surface area contributed by atoms with Crippen LogP contribution in [0, 0.1) is 5.92 Å².